The lowest BCUT2D eigenvalue weighted by atomic mass is 10.0. The summed E-state index contributed by atoms with van der Waals surface area (Å²) in [5.74, 6) is 0.680. The Kier molecular flexibility index (Phi) is 7.91. The van der Waals surface area contributed by atoms with Crippen LogP contribution in [0.15, 0.2) is 42.5 Å². The van der Waals surface area contributed by atoms with Gasteiger partial charge in [-0.25, -0.2) is 4.68 Å². The molecule has 0 fully saturated rings. The summed E-state index contributed by atoms with van der Waals surface area (Å²) in [5.41, 5.74) is 3.18. The van der Waals surface area contributed by atoms with Gasteiger partial charge in [0.15, 0.2) is 0 Å². The minimum absolute atomic E-state index is 0.458. The van der Waals surface area contributed by atoms with Crippen LogP contribution in [0.2, 0.25) is 25.7 Å². The molecule has 0 radical (unpaired) electrons. The van der Waals surface area contributed by atoms with Gasteiger partial charge in [-0.3, -0.25) is 0 Å². The van der Waals surface area contributed by atoms with Gasteiger partial charge in [0, 0.05) is 34.3 Å². The van der Waals surface area contributed by atoms with E-state index in [-0.39, 0.29) is 0 Å². The Bertz CT molecular complexity index is 983. The maximum absolute atomic E-state index is 5.93. The van der Waals surface area contributed by atoms with Crippen molar-refractivity contribution in [2.75, 3.05) is 20.8 Å². The fourth-order valence-corrected chi connectivity index (χ4v) is 4.47. The van der Waals surface area contributed by atoms with E-state index in [0.29, 0.717) is 12.5 Å². The second-order valence-electron chi connectivity index (χ2n) is 8.28. The minimum Gasteiger partial charge on any atom is -0.441 e. The molecule has 1 heterocycles. The minimum atomic E-state index is -1.11. The fourth-order valence-electron chi connectivity index (χ4n) is 2.99. The smallest absolute Gasteiger partial charge is 0.315 e. The third-order valence-corrected chi connectivity index (χ3v) is 7.20. The molecule has 0 bridgehead atoms. The van der Waals surface area contributed by atoms with Crippen molar-refractivity contribution in [3.8, 4) is 16.9 Å². The zero-order valence-electron chi connectivity index (χ0n) is 18.1. The molecule has 3 aromatic rings. The van der Waals surface area contributed by atoms with Gasteiger partial charge in [-0.2, -0.15) is 5.10 Å². The van der Waals surface area contributed by atoms with Crippen LogP contribution < -0.4 is 4.74 Å². The molecule has 162 valence electrons. The zero-order valence-corrected chi connectivity index (χ0v) is 21.3. The van der Waals surface area contributed by atoms with Crippen LogP contribution in [0.4, 0.5) is 0 Å². The molecular formula is C22H29IN2O4Si. The van der Waals surface area contributed by atoms with Gasteiger partial charge in [0.2, 0.25) is 0 Å². The molecule has 0 unspecified atom stereocenters. The number of rotatable bonds is 10. The molecule has 6 nitrogen and oxygen atoms in total. The van der Waals surface area contributed by atoms with Crippen molar-refractivity contribution in [1.29, 1.82) is 0 Å². The Labute approximate surface area is 192 Å². The Morgan fingerprint density at radius 3 is 2.47 bits per heavy atom. The standard InChI is InChI=1S/C22H29IN2O4Si/c1-26-22(27-2)29-18-8-6-7-16(13-18)17-9-10-19-20(14-17)25(24-21(19)23)15-28-11-12-30(3,4)5/h6-10,13-14,22H,11-12,15H2,1-5H3. The van der Waals surface area contributed by atoms with Crippen LogP contribution in [0.5, 0.6) is 5.75 Å². The van der Waals surface area contributed by atoms with E-state index in [0.717, 1.165) is 38.4 Å². The van der Waals surface area contributed by atoms with Gasteiger partial charge in [-0.15, -0.1) is 0 Å². The first kappa shape index (κ1) is 23.2. The Morgan fingerprint density at radius 1 is 1.03 bits per heavy atom. The van der Waals surface area contributed by atoms with E-state index in [1.54, 1.807) is 14.2 Å². The third-order valence-electron chi connectivity index (χ3n) is 4.70. The molecule has 0 saturated heterocycles. The number of benzene rings is 2. The molecule has 1 aromatic heterocycles. The summed E-state index contributed by atoms with van der Waals surface area (Å²) in [6.45, 7) is 7.56. The van der Waals surface area contributed by atoms with Gasteiger partial charge in [-0.05, 0) is 64.0 Å². The van der Waals surface area contributed by atoms with Crippen LogP contribution in [0.3, 0.4) is 0 Å². The molecule has 30 heavy (non-hydrogen) atoms. The summed E-state index contributed by atoms with van der Waals surface area (Å²) in [4.78, 5) is 0. The van der Waals surface area contributed by atoms with Gasteiger partial charge in [-0.1, -0.05) is 37.8 Å². The maximum Gasteiger partial charge on any atom is 0.315 e. The van der Waals surface area contributed by atoms with Crippen molar-refractivity contribution in [3.05, 3.63) is 46.2 Å². The fraction of sp³-hybridized carbons (Fsp3) is 0.409. The van der Waals surface area contributed by atoms with Gasteiger partial charge in [0.25, 0.3) is 0 Å². The second kappa shape index (κ2) is 10.2. The Balaban J connectivity index is 1.82. The van der Waals surface area contributed by atoms with E-state index in [9.17, 15) is 0 Å². The lowest BCUT2D eigenvalue weighted by Gasteiger charge is -2.16. The van der Waals surface area contributed by atoms with E-state index >= 15 is 0 Å². The molecule has 0 aliphatic heterocycles. The van der Waals surface area contributed by atoms with E-state index in [2.05, 4.69) is 71.6 Å². The molecule has 2 aromatic carbocycles. The van der Waals surface area contributed by atoms with Crippen molar-refractivity contribution in [2.24, 2.45) is 0 Å². The lowest BCUT2D eigenvalue weighted by molar-refractivity contribution is -0.219. The lowest BCUT2D eigenvalue weighted by Crippen LogP contribution is -2.22. The average molecular weight is 540 g/mol. The van der Waals surface area contributed by atoms with Crippen LogP contribution >= 0.6 is 22.6 Å². The zero-order chi connectivity index (χ0) is 21.7. The number of ether oxygens (including phenoxy) is 4. The van der Waals surface area contributed by atoms with Gasteiger partial charge >= 0.3 is 6.48 Å². The molecule has 0 aliphatic carbocycles. The molecule has 0 atom stereocenters. The third kappa shape index (κ3) is 6.04. The monoisotopic (exact) mass is 540 g/mol. The summed E-state index contributed by atoms with van der Waals surface area (Å²) in [6, 6.07) is 15.4. The first-order chi connectivity index (χ1) is 14.3. The average Bonchev–Trinajstić information content (AvgIpc) is 3.04. The normalized spacial score (nSPS) is 12.1. The molecule has 3 rings (SSSR count). The summed E-state index contributed by atoms with van der Waals surface area (Å²) in [6.07, 6.45) is 0. The first-order valence-electron chi connectivity index (χ1n) is 9.87. The number of hydrogen-bond donors (Lipinski definition) is 0. The van der Waals surface area contributed by atoms with Crippen molar-refractivity contribution in [3.63, 3.8) is 0 Å². The number of halogens is 1. The highest BCUT2D eigenvalue weighted by molar-refractivity contribution is 14.1. The number of methoxy groups -OCH3 is 2. The molecule has 0 saturated carbocycles. The molecule has 8 heteroatoms. The molecule has 0 N–H and O–H groups in total. The summed E-state index contributed by atoms with van der Waals surface area (Å²) < 4.78 is 24.8. The highest BCUT2D eigenvalue weighted by Crippen LogP contribution is 2.29. The summed E-state index contributed by atoms with van der Waals surface area (Å²) in [7, 11) is 1.98. The molecule has 0 aliphatic rings. The Morgan fingerprint density at radius 2 is 1.77 bits per heavy atom. The van der Waals surface area contributed by atoms with Crippen LogP contribution in [-0.2, 0) is 20.9 Å². The van der Waals surface area contributed by atoms with Gasteiger partial charge < -0.3 is 18.9 Å². The quantitative estimate of drug-likeness (QED) is 0.146. The predicted octanol–water partition coefficient (Wildman–Crippen LogP) is 5.58. The highest BCUT2D eigenvalue weighted by Gasteiger charge is 2.14. The van der Waals surface area contributed by atoms with E-state index in [1.807, 2.05) is 22.9 Å². The second-order valence-corrected chi connectivity index (χ2v) is 14.9. The van der Waals surface area contributed by atoms with E-state index in [4.69, 9.17) is 18.9 Å². The molecular weight excluding hydrogens is 511 g/mol. The summed E-state index contributed by atoms with van der Waals surface area (Å²) >= 11 is 2.28. The maximum atomic E-state index is 5.93. The van der Waals surface area contributed by atoms with E-state index < -0.39 is 14.5 Å². The van der Waals surface area contributed by atoms with Crippen molar-refractivity contribution in [2.45, 2.75) is 38.9 Å². The number of aromatic nitrogens is 2. The summed E-state index contributed by atoms with van der Waals surface area (Å²) in [5, 5.41) is 5.79. The number of nitrogens with zero attached hydrogens (tertiary/aromatic N) is 2. The first-order valence-corrected chi connectivity index (χ1v) is 14.7. The van der Waals surface area contributed by atoms with Crippen LogP contribution in [0, 0.1) is 3.70 Å². The molecule has 0 spiro atoms. The van der Waals surface area contributed by atoms with Crippen molar-refractivity contribution < 1.29 is 18.9 Å². The van der Waals surface area contributed by atoms with E-state index in [1.165, 1.54) is 0 Å². The Hall–Kier alpha value is -1.46. The highest BCUT2D eigenvalue weighted by atomic mass is 127. The van der Waals surface area contributed by atoms with Crippen molar-refractivity contribution in [1.82, 2.24) is 9.78 Å². The van der Waals surface area contributed by atoms with Crippen LogP contribution in [-0.4, -0.2) is 45.2 Å². The topological polar surface area (TPSA) is 54.7 Å². The van der Waals surface area contributed by atoms with Gasteiger partial charge in [0.1, 0.15) is 16.2 Å². The van der Waals surface area contributed by atoms with Crippen molar-refractivity contribution >= 4 is 41.6 Å². The number of hydrogen-bond acceptors (Lipinski definition) is 5. The van der Waals surface area contributed by atoms with Crippen LogP contribution in [0.25, 0.3) is 22.0 Å². The largest absolute Gasteiger partial charge is 0.441 e. The SMILES string of the molecule is COC(OC)Oc1cccc(-c2ccc3c(I)nn(COCC[Si](C)(C)C)c3c2)c1. The van der Waals surface area contributed by atoms with Crippen LogP contribution in [0.1, 0.15) is 0 Å². The number of fused-ring (bicyclic) bond motifs is 1. The predicted molar refractivity (Wildman–Crippen MR) is 130 cm³/mol. The van der Waals surface area contributed by atoms with Gasteiger partial charge in [0.05, 0.1) is 5.52 Å². The molecule has 0 amide bonds.